The topological polar surface area (TPSA) is 84.2 Å². The summed E-state index contributed by atoms with van der Waals surface area (Å²) < 4.78 is 0. The summed E-state index contributed by atoms with van der Waals surface area (Å²) >= 11 is 0. The van der Waals surface area contributed by atoms with Crippen molar-refractivity contribution in [2.24, 2.45) is 0 Å². The van der Waals surface area contributed by atoms with Gasteiger partial charge >= 0.3 is 0 Å². The standard InChI is InChI=1S/C19H21N3O2/c20-16-7-3-1-5-13(16)9-12-18(23)22-17-8-4-2-6-15(17)19(24)21-14-10-11-14/h1-8,14H,9-12,20H2,(H,21,24)(H,22,23). The molecular formula is C19H21N3O2. The first kappa shape index (κ1) is 16.1. The number of carbonyl (C=O) groups excluding carboxylic acids is 2. The third-order valence-electron chi connectivity index (χ3n) is 4.03. The molecule has 24 heavy (non-hydrogen) atoms. The van der Waals surface area contributed by atoms with Gasteiger partial charge < -0.3 is 16.4 Å². The molecule has 1 aliphatic carbocycles. The fraction of sp³-hybridized carbons (Fsp3) is 0.263. The normalized spacial score (nSPS) is 13.3. The minimum atomic E-state index is -0.138. The smallest absolute Gasteiger partial charge is 0.253 e. The van der Waals surface area contributed by atoms with Crippen LogP contribution in [0.5, 0.6) is 0 Å². The van der Waals surface area contributed by atoms with E-state index >= 15 is 0 Å². The molecular weight excluding hydrogens is 302 g/mol. The first-order valence-corrected chi connectivity index (χ1v) is 8.16. The molecule has 2 amide bonds. The number of aryl methyl sites for hydroxylation is 1. The molecule has 1 saturated carbocycles. The van der Waals surface area contributed by atoms with Crippen LogP contribution in [0.25, 0.3) is 0 Å². The number of carbonyl (C=O) groups is 2. The van der Waals surface area contributed by atoms with Crippen molar-refractivity contribution < 1.29 is 9.59 Å². The second-order valence-electron chi connectivity index (χ2n) is 6.04. The molecule has 5 heteroatoms. The summed E-state index contributed by atoms with van der Waals surface area (Å²) in [5.74, 6) is -0.273. The molecule has 2 aromatic rings. The Balaban J connectivity index is 1.61. The van der Waals surface area contributed by atoms with E-state index in [4.69, 9.17) is 5.73 Å². The quantitative estimate of drug-likeness (QED) is 0.715. The van der Waals surface area contributed by atoms with E-state index in [1.807, 2.05) is 24.3 Å². The van der Waals surface area contributed by atoms with Crippen molar-refractivity contribution in [2.45, 2.75) is 31.7 Å². The molecule has 2 aromatic carbocycles. The number of nitrogens with two attached hydrogens (primary N) is 1. The molecule has 0 atom stereocenters. The Labute approximate surface area is 141 Å². The van der Waals surface area contributed by atoms with Crippen molar-refractivity contribution in [2.75, 3.05) is 11.1 Å². The lowest BCUT2D eigenvalue weighted by Crippen LogP contribution is -2.27. The van der Waals surface area contributed by atoms with E-state index in [1.165, 1.54) is 0 Å². The van der Waals surface area contributed by atoms with Gasteiger partial charge in [-0.1, -0.05) is 30.3 Å². The predicted octanol–water partition coefficient (Wildman–Crippen LogP) is 2.73. The van der Waals surface area contributed by atoms with E-state index in [1.54, 1.807) is 24.3 Å². The molecule has 0 unspecified atom stereocenters. The van der Waals surface area contributed by atoms with Gasteiger partial charge in [0.05, 0.1) is 11.3 Å². The number of anilines is 2. The van der Waals surface area contributed by atoms with Crippen molar-refractivity contribution in [3.05, 3.63) is 59.7 Å². The Morgan fingerprint density at radius 2 is 1.75 bits per heavy atom. The van der Waals surface area contributed by atoms with Gasteiger partial charge in [-0.15, -0.1) is 0 Å². The van der Waals surface area contributed by atoms with Crippen molar-refractivity contribution in [1.82, 2.24) is 5.32 Å². The van der Waals surface area contributed by atoms with E-state index in [0.29, 0.717) is 29.8 Å². The number of benzene rings is 2. The zero-order chi connectivity index (χ0) is 16.9. The summed E-state index contributed by atoms with van der Waals surface area (Å²) in [6.45, 7) is 0. The SMILES string of the molecule is Nc1ccccc1CCC(=O)Nc1ccccc1C(=O)NC1CC1. The van der Waals surface area contributed by atoms with Gasteiger partial charge in [0.15, 0.2) is 0 Å². The summed E-state index contributed by atoms with van der Waals surface area (Å²) in [6, 6.07) is 14.9. The second kappa shape index (κ2) is 7.17. The number of para-hydroxylation sites is 2. The van der Waals surface area contributed by atoms with Gasteiger partial charge in [-0.2, -0.15) is 0 Å². The third-order valence-corrected chi connectivity index (χ3v) is 4.03. The molecule has 0 bridgehead atoms. The number of hydrogen-bond acceptors (Lipinski definition) is 3. The Morgan fingerprint density at radius 3 is 2.50 bits per heavy atom. The van der Waals surface area contributed by atoms with E-state index < -0.39 is 0 Å². The lowest BCUT2D eigenvalue weighted by molar-refractivity contribution is -0.116. The Hall–Kier alpha value is -2.82. The highest BCUT2D eigenvalue weighted by Crippen LogP contribution is 2.22. The molecule has 0 aromatic heterocycles. The summed E-state index contributed by atoms with van der Waals surface area (Å²) in [7, 11) is 0. The molecule has 4 N–H and O–H groups in total. The molecule has 0 aliphatic heterocycles. The Kier molecular flexibility index (Phi) is 4.79. The van der Waals surface area contributed by atoms with E-state index in [2.05, 4.69) is 10.6 Å². The van der Waals surface area contributed by atoms with E-state index in [0.717, 1.165) is 18.4 Å². The molecule has 1 aliphatic rings. The van der Waals surface area contributed by atoms with Crippen LogP contribution in [-0.4, -0.2) is 17.9 Å². The maximum Gasteiger partial charge on any atom is 0.253 e. The second-order valence-corrected chi connectivity index (χ2v) is 6.04. The number of rotatable bonds is 6. The zero-order valence-corrected chi connectivity index (χ0v) is 13.4. The fourth-order valence-corrected chi connectivity index (χ4v) is 2.50. The van der Waals surface area contributed by atoms with Crippen LogP contribution < -0.4 is 16.4 Å². The van der Waals surface area contributed by atoms with Crippen LogP contribution in [0.15, 0.2) is 48.5 Å². The number of nitrogen functional groups attached to an aromatic ring is 1. The van der Waals surface area contributed by atoms with Crippen LogP contribution in [0.3, 0.4) is 0 Å². The van der Waals surface area contributed by atoms with E-state index in [-0.39, 0.29) is 17.9 Å². The number of hydrogen-bond donors (Lipinski definition) is 3. The summed E-state index contributed by atoms with van der Waals surface area (Å²) in [4.78, 5) is 24.5. The molecule has 0 heterocycles. The minimum absolute atomic E-state index is 0.134. The molecule has 124 valence electrons. The van der Waals surface area contributed by atoms with Gasteiger partial charge in [0, 0.05) is 18.2 Å². The van der Waals surface area contributed by atoms with Gasteiger partial charge in [0.1, 0.15) is 0 Å². The van der Waals surface area contributed by atoms with Crippen molar-refractivity contribution in [3.63, 3.8) is 0 Å². The zero-order valence-electron chi connectivity index (χ0n) is 13.4. The van der Waals surface area contributed by atoms with Crippen LogP contribution in [0.4, 0.5) is 11.4 Å². The third kappa shape index (κ3) is 4.13. The van der Waals surface area contributed by atoms with Crippen LogP contribution in [0.1, 0.15) is 35.2 Å². The van der Waals surface area contributed by atoms with Gasteiger partial charge in [0.2, 0.25) is 5.91 Å². The first-order valence-electron chi connectivity index (χ1n) is 8.16. The summed E-state index contributed by atoms with van der Waals surface area (Å²) in [5.41, 5.74) is 8.57. The van der Waals surface area contributed by atoms with Crippen LogP contribution in [0.2, 0.25) is 0 Å². The lowest BCUT2D eigenvalue weighted by Gasteiger charge is -2.11. The van der Waals surface area contributed by atoms with Crippen molar-refractivity contribution in [1.29, 1.82) is 0 Å². The average molecular weight is 323 g/mol. The lowest BCUT2D eigenvalue weighted by atomic mass is 10.1. The van der Waals surface area contributed by atoms with Crippen LogP contribution in [0, 0.1) is 0 Å². The minimum Gasteiger partial charge on any atom is -0.399 e. The fourth-order valence-electron chi connectivity index (χ4n) is 2.50. The largest absolute Gasteiger partial charge is 0.399 e. The molecule has 0 spiro atoms. The first-order chi connectivity index (χ1) is 11.6. The van der Waals surface area contributed by atoms with Gasteiger partial charge in [-0.3, -0.25) is 9.59 Å². The number of amides is 2. The maximum absolute atomic E-state index is 12.2. The predicted molar refractivity (Wildman–Crippen MR) is 94.7 cm³/mol. The highest BCUT2D eigenvalue weighted by atomic mass is 16.2. The number of nitrogens with one attached hydrogen (secondary N) is 2. The molecule has 1 fully saturated rings. The summed E-state index contributed by atoms with van der Waals surface area (Å²) in [6.07, 6.45) is 2.93. The van der Waals surface area contributed by atoms with Gasteiger partial charge in [-0.05, 0) is 43.0 Å². The Bertz CT molecular complexity index is 754. The van der Waals surface area contributed by atoms with Crippen molar-refractivity contribution in [3.8, 4) is 0 Å². The monoisotopic (exact) mass is 323 g/mol. The maximum atomic E-state index is 12.2. The highest BCUT2D eigenvalue weighted by molar-refractivity contribution is 6.04. The highest BCUT2D eigenvalue weighted by Gasteiger charge is 2.24. The molecule has 0 saturated heterocycles. The molecule has 0 radical (unpaired) electrons. The summed E-state index contributed by atoms with van der Waals surface area (Å²) in [5, 5.41) is 5.78. The molecule has 3 rings (SSSR count). The van der Waals surface area contributed by atoms with Crippen LogP contribution in [-0.2, 0) is 11.2 Å². The average Bonchev–Trinajstić information content (AvgIpc) is 3.38. The Morgan fingerprint density at radius 1 is 1.04 bits per heavy atom. The van der Waals surface area contributed by atoms with Gasteiger partial charge in [-0.25, -0.2) is 0 Å². The van der Waals surface area contributed by atoms with E-state index in [9.17, 15) is 9.59 Å². The van der Waals surface area contributed by atoms with Gasteiger partial charge in [0.25, 0.3) is 5.91 Å². The van der Waals surface area contributed by atoms with Crippen molar-refractivity contribution >= 4 is 23.2 Å². The molecule has 5 nitrogen and oxygen atoms in total. The van der Waals surface area contributed by atoms with Crippen LogP contribution >= 0.6 is 0 Å².